The van der Waals surface area contributed by atoms with E-state index in [0.717, 1.165) is 44.8 Å². The maximum absolute atomic E-state index is 12.4. The molecule has 2 rings (SSSR count). The molecule has 21 heavy (non-hydrogen) atoms. The van der Waals surface area contributed by atoms with Crippen molar-refractivity contribution >= 4 is 18.3 Å². The molecule has 4 heteroatoms. The summed E-state index contributed by atoms with van der Waals surface area (Å²) in [5, 5.41) is 6.65. The average molecular weight is 317 g/mol. The molecule has 2 aliphatic rings. The molecule has 1 aliphatic carbocycles. The molecular formula is C17H33ClN2O. The summed E-state index contributed by atoms with van der Waals surface area (Å²) in [6.45, 7) is 5.28. The van der Waals surface area contributed by atoms with Crippen LogP contribution in [0, 0.1) is 17.8 Å². The molecule has 1 heterocycles. The Morgan fingerprint density at radius 2 is 1.90 bits per heavy atom. The third kappa shape index (κ3) is 6.56. The second kappa shape index (κ2) is 10.4. The summed E-state index contributed by atoms with van der Waals surface area (Å²) >= 11 is 0. The van der Waals surface area contributed by atoms with E-state index in [1.165, 1.54) is 38.5 Å². The smallest absolute Gasteiger partial charge is 0.223 e. The highest BCUT2D eigenvalue weighted by Crippen LogP contribution is 2.31. The fraction of sp³-hybridized carbons (Fsp3) is 0.941. The van der Waals surface area contributed by atoms with Crippen molar-refractivity contribution in [3.8, 4) is 0 Å². The summed E-state index contributed by atoms with van der Waals surface area (Å²) in [6, 6.07) is 0. The average Bonchev–Trinajstić information content (AvgIpc) is 2.98. The standard InChI is InChI=1S/C17H32N2O.ClH/c1-2-6-16(11-14-7-3-4-8-14)17(20)19-13-15-9-5-10-18-12-15;/h14-16,18H,2-13H2,1H3,(H,19,20);1H. The highest BCUT2D eigenvalue weighted by atomic mass is 35.5. The maximum atomic E-state index is 12.4. The van der Waals surface area contributed by atoms with Crippen molar-refractivity contribution in [3.05, 3.63) is 0 Å². The molecule has 0 bridgehead atoms. The van der Waals surface area contributed by atoms with Gasteiger partial charge in [0, 0.05) is 12.5 Å². The highest BCUT2D eigenvalue weighted by Gasteiger charge is 2.25. The van der Waals surface area contributed by atoms with Crippen molar-refractivity contribution in [2.75, 3.05) is 19.6 Å². The minimum Gasteiger partial charge on any atom is -0.356 e. The summed E-state index contributed by atoms with van der Waals surface area (Å²) in [5.41, 5.74) is 0. The number of rotatable bonds is 7. The van der Waals surface area contributed by atoms with Gasteiger partial charge in [-0.1, -0.05) is 39.0 Å². The summed E-state index contributed by atoms with van der Waals surface area (Å²) < 4.78 is 0. The van der Waals surface area contributed by atoms with Crippen LogP contribution in [0.15, 0.2) is 0 Å². The van der Waals surface area contributed by atoms with Gasteiger partial charge in [0.25, 0.3) is 0 Å². The first-order valence-electron chi connectivity index (χ1n) is 8.78. The van der Waals surface area contributed by atoms with Crippen LogP contribution in [0.1, 0.15) is 64.7 Å². The number of hydrogen-bond donors (Lipinski definition) is 2. The zero-order chi connectivity index (χ0) is 14.2. The summed E-state index contributed by atoms with van der Waals surface area (Å²) in [7, 11) is 0. The van der Waals surface area contributed by atoms with E-state index in [9.17, 15) is 4.79 Å². The van der Waals surface area contributed by atoms with Crippen LogP contribution in [-0.2, 0) is 4.79 Å². The zero-order valence-electron chi connectivity index (χ0n) is 13.5. The largest absolute Gasteiger partial charge is 0.356 e. The van der Waals surface area contributed by atoms with E-state index in [-0.39, 0.29) is 18.3 Å². The van der Waals surface area contributed by atoms with Crippen LogP contribution in [0.3, 0.4) is 0 Å². The first kappa shape index (κ1) is 18.8. The molecule has 0 aromatic carbocycles. The lowest BCUT2D eigenvalue weighted by molar-refractivity contribution is -0.126. The molecule has 0 aromatic rings. The second-order valence-corrected chi connectivity index (χ2v) is 6.83. The van der Waals surface area contributed by atoms with Crippen LogP contribution in [-0.4, -0.2) is 25.5 Å². The van der Waals surface area contributed by atoms with Crippen LogP contribution in [0.5, 0.6) is 0 Å². The van der Waals surface area contributed by atoms with Gasteiger partial charge in [0.05, 0.1) is 0 Å². The molecular weight excluding hydrogens is 284 g/mol. The van der Waals surface area contributed by atoms with Gasteiger partial charge >= 0.3 is 0 Å². The van der Waals surface area contributed by atoms with Crippen LogP contribution < -0.4 is 10.6 Å². The Bertz CT molecular complexity index is 287. The number of carbonyl (C=O) groups excluding carboxylic acids is 1. The lowest BCUT2D eigenvalue weighted by Crippen LogP contribution is -2.40. The highest BCUT2D eigenvalue weighted by molar-refractivity contribution is 5.85. The Balaban J connectivity index is 0.00000220. The van der Waals surface area contributed by atoms with E-state index in [1.807, 2.05) is 0 Å². The summed E-state index contributed by atoms with van der Waals surface area (Å²) in [4.78, 5) is 12.4. The van der Waals surface area contributed by atoms with Gasteiger partial charge in [-0.15, -0.1) is 12.4 Å². The van der Waals surface area contributed by atoms with Crippen molar-refractivity contribution in [3.63, 3.8) is 0 Å². The van der Waals surface area contributed by atoms with Gasteiger partial charge < -0.3 is 10.6 Å². The predicted molar refractivity (Wildman–Crippen MR) is 90.8 cm³/mol. The van der Waals surface area contributed by atoms with Crippen LogP contribution in [0.4, 0.5) is 0 Å². The molecule has 2 N–H and O–H groups in total. The van der Waals surface area contributed by atoms with Gasteiger partial charge in [-0.05, 0) is 50.6 Å². The lowest BCUT2D eigenvalue weighted by atomic mass is 9.89. The Morgan fingerprint density at radius 3 is 2.52 bits per heavy atom. The molecule has 0 aromatic heterocycles. The first-order valence-corrected chi connectivity index (χ1v) is 8.78. The monoisotopic (exact) mass is 316 g/mol. The fourth-order valence-corrected chi connectivity index (χ4v) is 3.84. The van der Waals surface area contributed by atoms with Crippen LogP contribution in [0.25, 0.3) is 0 Å². The number of carbonyl (C=O) groups is 1. The van der Waals surface area contributed by atoms with E-state index in [1.54, 1.807) is 0 Å². The predicted octanol–water partition coefficient (Wildman–Crippen LogP) is 3.52. The molecule has 0 radical (unpaired) electrons. The molecule has 2 atom stereocenters. The maximum Gasteiger partial charge on any atom is 0.223 e. The van der Waals surface area contributed by atoms with Gasteiger partial charge in [0.15, 0.2) is 0 Å². The molecule has 2 fully saturated rings. The Kier molecular flexibility index (Phi) is 9.34. The van der Waals surface area contributed by atoms with E-state index >= 15 is 0 Å². The van der Waals surface area contributed by atoms with E-state index < -0.39 is 0 Å². The van der Waals surface area contributed by atoms with Crippen molar-refractivity contribution in [2.45, 2.75) is 64.7 Å². The Labute approximate surface area is 136 Å². The van der Waals surface area contributed by atoms with E-state index in [4.69, 9.17) is 0 Å². The quantitative estimate of drug-likeness (QED) is 0.754. The lowest BCUT2D eigenvalue weighted by Gasteiger charge is -2.25. The van der Waals surface area contributed by atoms with Gasteiger partial charge in [0.1, 0.15) is 0 Å². The molecule has 1 saturated carbocycles. The third-order valence-electron chi connectivity index (χ3n) is 5.06. The minimum absolute atomic E-state index is 0. The fourth-order valence-electron chi connectivity index (χ4n) is 3.84. The number of halogens is 1. The number of nitrogens with one attached hydrogen (secondary N) is 2. The van der Waals surface area contributed by atoms with E-state index in [2.05, 4.69) is 17.6 Å². The molecule has 3 nitrogen and oxygen atoms in total. The van der Waals surface area contributed by atoms with E-state index in [0.29, 0.717) is 11.8 Å². The van der Waals surface area contributed by atoms with Gasteiger partial charge in [0.2, 0.25) is 5.91 Å². The first-order chi connectivity index (χ1) is 9.79. The molecule has 1 aliphatic heterocycles. The second-order valence-electron chi connectivity index (χ2n) is 6.83. The number of amides is 1. The number of piperidine rings is 1. The Hall–Kier alpha value is -0.280. The van der Waals surface area contributed by atoms with Gasteiger partial charge in [-0.2, -0.15) is 0 Å². The van der Waals surface area contributed by atoms with Crippen LogP contribution in [0.2, 0.25) is 0 Å². The van der Waals surface area contributed by atoms with Crippen molar-refractivity contribution < 1.29 is 4.79 Å². The topological polar surface area (TPSA) is 41.1 Å². The van der Waals surface area contributed by atoms with Gasteiger partial charge in [-0.3, -0.25) is 4.79 Å². The molecule has 124 valence electrons. The molecule has 2 unspecified atom stereocenters. The molecule has 1 amide bonds. The summed E-state index contributed by atoms with van der Waals surface area (Å²) in [5.74, 6) is 2.04. The zero-order valence-corrected chi connectivity index (χ0v) is 14.4. The van der Waals surface area contributed by atoms with Crippen molar-refractivity contribution in [1.82, 2.24) is 10.6 Å². The number of hydrogen-bond acceptors (Lipinski definition) is 2. The SMILES string of the molecule is CCCC(CC1CCCC1)C(=O)NCC1CCCNC1.Cl. The third-order valence-corrected chi connectivity index (χ3v) is 5.06. The van der Waals surface area contributed by atoms with Crippen LogP contribution >= 0.6 is 12.4 Å². The van der Waals surface area contributed by atoms with Crippen molar-refractivity contribution in [1.29, 1.82) is 0 Å². The van der Waals surface area contributed by atoms with Crippen molar-refractivity contribution in [2.24, 2.45) is 17.8 Å². The summed E-state index contributed by atoms with van der Waals surface area (Å²) in [6.07, 6.45) is 11.3. The normalized spacial score (nSPS) is 24.3. The minimum atomic E-state index is 0. The molecule has 1 saturated heterocycles. The van der Waals surface area contributed by atoms with Gasteiger partial charge in [-0.25, -0.2) is 0 Å². The molecule has 0 spiro atoms. The Morgan fingerprint density at radius 1 is 1.19 bits per heavy atom.